The molecular formula is C13H17NO4S. The molecule has 0 bridgehead atoms. The van der Waals surface area contributed by atoms with E-state index in [1.165, 1.54) is 6.07 Å². The summed E-state index contributed by atoms with van der Waals surface area (Å²) < 4.78 is 23.7. The Morgan fingerprint density at radius 3 is 2.74 bits per heavy atom. The van der Waals surface area contributed by atoms with Gasteiger partial charge in [-0.15, -0.1) is 0 Å². The monoisotopic (exact) mass is 283 g/mol. The van der Waals surface area contributed by atoms with Crippen molar-refractivity contribution in [3.05, 3.63) is 23.8 Å². The summed E-state index contributed by atoms with van der Waals surface area (Å²) in [7, 11) is -3.36. The van der Waals surface area contributed by atoms with Crippen LogP contribution in [0.3, 0.4) is 0 Å². The molecule has 1 aliphatic rings. The number of aryl methyl sites for hydroxylation is 1. The number of phenols is 1. The molecule has 1 aromatic rings. The van der Waals surface area contributed by atoms with Crippen molar-refractivity contribution in [2.24, 2.45) is 0 Å². The van der Waals surface area contributed by atoms with Gasteiger partial charge < -0.3 is 10.4 Å². The molecule has 104 valence electrons. The second-order valence-corrected chi connectivity index (χ2v) is 7.16. The number of rotatable bonds is 2. The van der Waals surface area contributed by atoms with Gasteiger partial charge in [-0.25, -0.2) is 8.42 Å². The molecule has 6 heteroatoms. The van der Waals surface area contributed by atoms with E-state index < -0.39 is 21.0 Å². The van der Waals surface area contributed by atoms with E-state index in [4.69, 9.17) is 0 Å². The van der Waals surface area contributed by atoms with Crippen LogP contribution in [0, 0.1) is 6.92 Å². The average Bonchev–Trinajstić information content (AvgIpc) is 2.32. The zero-order chi connectivity index (χ0) is 14.0. The second kappa shape index (κ2) is 5.21. The van der Waals surface area contributed by atoms with Crippen LogP contribution in [-0.4, -0.2) is 30.4 Å². The number of aromatic hydroxyl groups is 1. The van der Waals surface area contributed by atoms with Crippen LogP contribution in [0.5, 0.6) is 5.75 Å². The zero-order valence-corrected chi connectivity index (χ0v) is 11.5. The molecule has 1 aromatic carbocycles. The highest BCUT2D eigenvalue weighted by Crippen LogP contribution is 2.26. The molecule has 5 nitrogen and oxygen atoms in total. The molecule has 19 heavy (non-hydrogen) atoms. The third kappa shape index (κ3) is 3.07. The van der Waals surface area contributed by atoms with E-state index in [9.17, 15) is 18.3 Å². The molecule has 1 saturated heterocycles. The molecule has 0 aromatic heterocycles. The van der Waals surface area contributed by atoms with Gasteiger partial charge in [-0.3, -0.25) is 4.79 Å². The first kappa shape index (κ1) is 13.9. The van der Waals surface area contributed by atoms with E-state index in [1.807, 2.05) is 6.92 Å². The molecule has 1 aliphatic heterocycles. The summed E-state index contributed by atoms with van der Waals surface area (Å²) in [6.07, 6.45) is 1.69. The maximum Gasteiger partial charge on any atom is 0.242 e. The Balaban J connectivity index is 2.17. The Morgan fingerprint density at radius 1 is 1.37 bits per heavy atom. The first-order valence-corrected chi connectivity index (χ1v) is 7.94. The summed E-state index contributed by atoms with van der Waals surface area (Å²) in [5.41, 5.74) is 1.11. The van der Waals surface area contributed by atoms with Gasteiger partial charge in [0.15, 0.2) is 9.84 Å². The summed E-state index contributed by atoms with van der Waals surface area (Å²) in [5.74, 6) is -0.550. The molecule has 0 radical (unpaired) electrons. The van der Waals surface area contributed by atoms with E-state index >= 15 is 0 Å². The van der Waals surface area contributed by atoms with Gasteiger partial charge in [-0.1, -0.05) is 12.5 Å². The molecule has 1 unspecified atom stereocenters. The number of anilines is 1. The number of amides is 1. The lowest BCUT2D eigenvalue weighted by atomic mass is 10.1. The highest BCUT2D eigenvalue weighted by molar-refractivity contribution is 7.92. The van der Waals surface area contributed by atoms with Gasteiger partial charge in [0, 0.05) is 0 Å². The molecule has 1 amide bonds. The van der Waals surface area contributed by atoms with Gasteiger partial charge in [0.1, 0.15) is 11.0 Å². The fraction of sp³-hybridized carbons (Fsp3) is 0.462. The minimum atomic E-state index is -3.36. The smallest absolute Gasteiger partial charge is 0.242 e. The van der Waals surface area contributed by atoms with Crippen molar-refractivity contribution in [3.8, 4) is 5.75 Å². The van der Waals surface area contributed by atoms with Crippen molar-refractivity contribution in [1.29, 1.82) is 0 Å². The first-order valence-electron chi connectivity index (χ1n) is 6.22. The molecule has 1 fully saturated rings. The maximum absolute atomic E-state index is 12.0. The number of hydrogen-bond acceptors (Lipinski definition) is 4. The van der Waals surface area contributed by atoms with E-state index in [2.05, 4.69) is 5.32 Å². The van der Waals surface area contributed by atoms with Gasteiger partial charge in [-0.05, 0) is 37.5 Å². The minimum Gasteiger partial charge on any atom is -0.506 e. The number of hydrogen-bond donors (Lipinski definition) is 2. The third-order valence-electron chi connectivity index (χ3n) is 3.28. The fourth-order valence-electron chi connectivity index (χ4n) is 2.21. The van der Waals surface area contributed by atoms with Crippen LogP contribution in [-0.2, 0) is 14.6 Å². The molecule has 2 N–H and O–H groups in total. The van der Waals surface area contributed by atoms with Crippen molar-refractivity contribution in [3.63, 3.8) is 0 Å². The topological polar surface area (TPSA) is 83.5 Å². The Kier molecular flexibility index (Phi) is 3.80. The molecule has 2 rings (SSSR count). The van der Waals surface area contributed by atoms with E-state index in [1.54, 1.807) is 12.1 Å². The van der Waals surface area contributed by atoms with E-state index in [0.717, 1.165) is 12.0 Å². The quantitative estimate of drug-likeness (QED) is 0.808. The highest BCUT2D eigenvalue weighted by atomic mass is 32.2. The number of sulfone groups is 1. The SMILES string of the molecule is Cc1ccc(NC(=O)C2CCCCS2(=O)=O)c(O)c1. The second-order valence-electron chi connectivity index (χ2n) is 4.86. The highest BCUT2D eigenvalue weighted by Gasteiger charge is 2.35. The third-order valence-corrected chi connectivity index (χ3v) is 5.46. The lowest BCUT2D eigenvalue weighted by Gasteiger charge is -2.21. The standard InChI is InChI=1S/C13H17NO4S/c1-9-5-6-10(11(15)8-9)14-13(16)12-4-2-3-7-19(12,17)18/h5-6,8,12,15H,2-4,7H2,1H3,(H,14,16). The Labute approximate surface area is 112 Å². The van der Waals surface area contributed by atoms with Crippen LogP contribution in [0.25, 0.3) is 0 Å². The van der Waals surface area contributed by atoms with Gasteiger partial charge in [0.05, 0.1) is 11.4 Å². The summed E-state index contributed by atoms with van der Waals surface area (Å²) >= 11 is 0. The number of carbonyl (C=O) groups excluding carboxylic acids is 1. The lowest BCUT2D eigenvalue weighted by Crippen LogP contribution is -2.39. The molecular weight excluding hydrogens is 266 g/mol. The van der Waals surface area contributed by atoms with E-state index in [0.29, 0.717) is 12.8 Å². The van der Waals surface area contributed by atoms with Crippen LogP contribution >= 0.6 is 0 Å². The first-order chi connectivity index (χ1) is 8.90. The Bertz CT molecular complexity index is 595. The van der Waals surface area contributed by atoms with Gasteiger partial charge in [0.25, 0.3) is 0 Å². The Morgan fingerprint density at radius 2 is 2.11 bits per heavy atom. The van der Waals surface area contributed by atoms with Crippen molar-refractivity contribution >= 4 is 21.4 Å². The van der Waals surface area contributed by atoms with Crippen molar-refractivity contribution in [1.82, 2.24) is 0 Å². The summed E-state index contributed by atoms with van der Waals surface area (Å²) in [4.78, 5) is 12.0. The predicted molar refractivity (Wildman–Crippen MR) is 72.9 cm³/mol. The van der Waals surface area contributed by atoms with Crippen molar-refractivity contribution in [2.45, 2.75) is 31.4 Å². The molecule has 1 atom stereocenters. The zero-order valence-electron chi connectivity index (χ0n) is 10.7. The molecule has 0 aliphatic carbocycles. The lowest BCUT2D eigenvalue weighted by molar-refractivity contribution is -0.116. The van der Waals surface area contributed by atoms with Gasteiger partial charge in [0.2, 0.25) is 5.91 Å². The normalized spacial score (nSPS) is 21.8. The summed E-state index contributed by atoms with van der Waals surface area (Å²) in [6.45, 7) is 1.82. The fourth-order valence-corrected chi connectivity index (χ4v) is 4.01. The van der Waals surface area contributed by atoms with Crippen LogP contribution in [0.1, 0.15) is 24.8 Å². The molecule has 0 spiro atoms. The van der Waals surface area contributed by atoms with Crippen LogP contribution in [0.15, 0.2) is 18.2 Å². The molecule has 0 saturated carbocycles. The van der Waals surface area contributed by atoms with Crippen LogP contribution < -0.4 is 5.32 Å². The minimum absolute atomic E-state index is 0.0541. The average molecular weight is 283 g/mol. The number of carbonyl (C=O) groups is 1. The largest absolute Gasteiger partial charge is 0.506 e. The van der Waals surface area contributed by atoms with Crippen molar-refractivity contribution in [2.75, 3.05) is 11.1 Å². The summed E-state index contributed by atoms with van der Waals surface area (Å²) in [6, 6.07) is 4.83. The maximum atomic E-state index is 12.0. The van der Waals surface area contributed by atoms with Gasteiger partial charge >= 0.3 is 0 Å². The predicted octanol–water partition coefficient (Wildman–Crippen LogP) is 1.61. The van der Waals surface area contributed by atoms with E-state index in [-0.39, 0.29) is 17.2 Å². The Hall–Kier alpha value is -1.56. The number of nitrogens with one attached hydrogen (secondary N) is 1. The summed E-state index contributed by atoms with van der Waals surface area (Å²) in [5, 5.41) is 11.2. The van der Waals surface area contributed by atoms with Crippen LogP contribution in [0.4, 0.5) is 5.69 Å². The van der Waals surface area contributed by atoms with Crippen molar-refractivity contribution < 1.29 is 18.3 Å². The van der Waals surface area contributed by atoms with Gasteiger partial charge in [-0.2, -0.15) is 0 Å². The molecule has 1 heterocycles. The number of benzene rings is 1. The van der Waals surface area contributed by atoms with Crippen LogP contribution in [0.2, 0.25) is 0 Å². The number of phenolic OH excluding ortho intramolecular Hbond substituents is 1.